The van der Waals surface area contributed by atoms with Gasteiger partial charge in [0, 0.05) is 36.9 Å². The third kappa shape index (κ3) is 9.89. The van der Waals surface area contributed by atoms with Crippen molar-refractivity contribution in [2.75, 3.05) is 18.4 Å². The summed E-state index contributed by atoms with van der Waals surface area (Å²) >= 11 is 0. The zero-order chi connectivity index (χ0) is 32.1. The van der Waals surface area contributed by atoms with E-state index in [0.717, 1.165) is 56.2 Å². The molecule has 44 heavy (non-hydrogen) atoms. The van der Waals surface area contributed by atoms with E-state index in [0.29, 0.717) is 29.6 Å². The minimum absolute atomic E-state index is 0.0344. The third-order valence-corrected chi connectivity index (χ3v) is 8.57. The molecule has 2 aliphatic rings. The molecule has 0 unspecified atom stereocenters. The third-order valence-electron chi connectivity index (χ3n) is 8.57. The first-order valence-corrected chi connectivity index (χ1v) is 15.2. The van der Waals surface area contributed by atoms with Crippen LogP contribution in [0.5, 0.6) is 5.75 Å². The predicted octanol–water partition coefficient (Wildman–Crippen LogP) is 7.55. The van der Waals surface area contributed by atoms with Gasteiger partial charge in [0.25, 0.3) is 5.91 Å². The van der Waals surface area contributed by atoms with E-state index in [9.17, 15) is 27.6 Å². The smallest absolute Gasteiger partial charge is 0.481 e. The Bertz CT molecular complexity index is 1280. The van der Waals surface area contributed by atoms with Gasteiger partial charge in [-0.25, -0.2) is 4.79 Å². The lowest BCUT2D eigenvalue weighted by Crippen LogP contribution is -2.45. The topological polar surface area (TPSA) is 99.2 Å². The maximum atomic E-state index is 13.6. The van der Waals surface area contributed by atoms with Gasteiger partial charge in [0.15, 0.2) is 0 Å². The Morgan fingerprint density at radius 1 is 0.909 bits per heavy atom. The van der Waals surface area contributed by atoms with Crippen molar-refractivity contribution in [3.8, 4) is 5.75 Å². The van der Waals surface area contributed by atoms with Gasteiger partial charge in [-0.1, -0.05) is 32.9 Å². The number of carbonyl (C=O) groups excluding carboxylic acids is 2. The number of nitrogens with zero attached hydrogens (tertiary/aromatic N) is 2. The van der Waals surface area contributed by atoms with E-state index in [1.54, 1.807) is 21.9 Å². The fourth-order valence-electron chi connectivity index (χ4n) is 5.81. The average Bonchev–Trinajstić information content (AvgIpc) is 3.78. The van der Waals surface area contributed by atoms with Gasteiger partial charge in [0.05, 0.1) is 6.42 Å². The molecule has 0 heterocycles. The second-order valence-electron chi connectivity index (χ2n) is 13.0. The Kier molecular flexibility index (Phi) is 10.5. The quantitative estimate of drug-likeness (QED) is 0.271. The first-order valence-electron chi connectivity index (χ1n) is 15.2. The predicted molar refractivity (Wildman–Crippen MR) is 160 cm³/mol. The summed E-state index contributed by atoms with van der Waals surface area (Å²) < 4.78 is 41.6. The van der Waals surface area contributed by atoms with Crippen LogP contribution >= 0.6 is 0 Å². The zero-order valence-electron chi connectivity index (χ0n) is 25.5. The van der Waals surface area contributed by atoms with Crippen molar-refractivity contribution in [2.45, 2.75) is 84.7 Å². The van der Waals surface area contributed by atoms with Gasteiger partial charge in [-0.05, 0) is 97.7 Å². The Morgan fingerprint density at radius 2 is 1.52 bits per heavy atom. The number of aliphatic carboxylic acids is 1. The average molecular weight is 618 g/mol. The molecule has 0 radical (unpaired) electrons. The van der Waals surface area contributed by atoms with Crippen LogP contribution in [0, 0.1) is 17.3 Å². The number of carbonyl (C=O) groups is 3. The van der Waals surface area contributed by atoms with Crippen molar-refractivity contribution in [2.24, 2.45) is 17.3 Å². The first-order chi connectivity index (χ1) is 20.7. The van der Waals surface area contributed by atoms with Crippen LogP contribution in [0.3, 0.4) is 0 Å². The summed E-state index contributed by atoms with van der Waals surface area (Å²) in [6.45, 7) is 7.66. The molecule has 11 heteroatoms. The molecule has 2 N–H and O–H groups in total. The number of amides is 3. The molecule has 8 nitrogen and oxygen atoms in total. The fourth-order valence-corrected chi connectivity index (χ4v) is 5.81. The van der Waals surface area contributed by atoms with Crippen molar-refractivity contribution >= 4 is 23.6 Å². The highest BCUT2D eigenvalue weighted by atomic mass is 19.4. The molecule has 4 rings (SSSR count). The molecule has 240 valence electrons. The van der Waals surface area contributed by atoms with Gasteiger partial charge < -0.3 is 25.0 Å². The number of ether oxygens (including phenoxy) is 1. The summed E-state index contributed by atoms with van der Waals surface area (Å²) in [6, 6.07) is 11.7. The number of benzene rings is 2. The molecule has 2 aromatic carbocycles. The highest BCUT2D eigenvalue weighted by Gasteiger charge is 2.34. The maximum Gasteiger partial charge on any atom is 0.573 e. The number of hydrogen-bond donors (Lipinski definition) is 2. The lowest BCUT2D eigenvalue weighted by molar-refractivity contribution is -0.274. The molecule has 3 amide bonds. The van der Waals surface area contributed by atoms with Gasteiger partial charge in [-0.3, -0.25) is 9.59 Å². The van der Waals surface area contributed by atoms with Crippen LogP contribution < -0.4 is 10.1 Å². The van der Waals surface area contributed by atoms with E-state index in [1.165, 1.54) is 12.1 Å². The van der Waals surface area contributed by atoms with Gasteiger partial charge in [-0.2, -0.15) is 0 Å². The minimum atomic E-state index is -4.80. The fraction of sp³-hybridized carbons (Fsp3) is 0.545. The lowest BCUT2D eigenvalue weighted by Gasteiger charge is -2.41. The molecule has 0 spiro atoms. The summed E-state index contributed by atoms with van der Waals surface area (Å²) in [5, 5.41) is 11.9. The van der Waals surface area contributed by atoms with Crippen LogP contribution in [0.15, 0.2) is 48.5 Å². The number of alkyl halides is 3. The second-order valence-corrected chi connectivity index (χ2v) is 13.0. The molecule has 2 aliphatic carbocycles. The van der Waals surface area contributed by atoms with E-state index in [-0.39, 0.29) is 48.7 Å². The van der Waals surface area contributed by atoms with E-state index >= 15 is 0 Å². The molecule has 2 aromatic rings. The molecule has 2 fully saturated rings. The molecule has 0 bridgehead atoms. The molecule has 0 saturated heterocycles. The SMILES string of the molecule is CC(C)(C)C1CCC(N(Cc2ccc(C(=O)N(CCC(=O)O)CC3CC3)cc2)C(=O)Nc2ccc(OC(F)(F)F)cc2)CC1. The van der Waals surface area contributed by atoms with Crippen molar-refractivity contribution in [1.29, 1.82) is 0 Å². The monoisotopic (exact) mass is 617 g/mol. The zero-order valence-corrected chi connectivity index (χ0v) is 25.5. The molecule has 2 saturated carbocycles. The minimum Gasteiger partial charge on any atom is -0.481 e. The molecule has 0 aromatic heterocycles. The maximum absolute atomic E-state index is 13.6. The number of urea groups is 1. The molecular formula is C33H42F3N3O5. The Balaban J connectivity index is 1.47. The van der Waals surface area contributed by atoms with Gasteiger partial charge in [0.1, 0.15) is 5.75 Å². The summed E-state index contributed by atoms with van der Waals surface area (Å²) in [5.74, 6) is -0.580. The molecule has 0 aliphatic heterocycles. The van der Waals surface area contributed by atoms with Crippen LogP contribution in [0.1, 0.15) is 81.6 Å². The standard InChI is InChI=1S/C33H42F3N3O5/c1-32(2,3)25-10-14-27(15-11-25)39(31(43)37-26-12-16-28(17-13-26)44-33(34,35)36)21-23-6-8-24(9-7-23)30(42)38(19-18-29(40)41)20-22-4-5-22/h6-9,12-13,16-17,22,25,27H,4-5,10-11,14-15,18-21H2,1-3H3,(H,37,43)(H,40,41). The number of halogens is 3. The van der Waals surface area contributed by atoms with E-state index in [4.69, 9.17) is 5.11 Å². The number of anilines is 1. The van der Waals surface area contributed by atoms with Crippen molar-refractivity contribution < 1.29 is 37.4 Å². The Morgan fingerprint density at radius 3 is 2.05 bits per heavy atom. The lowest BCUT2D eigenvalue weighted by atomic mass is 9.71. The van der Waals surface area contributed by atoms with Gasteiger partial charge >= 0.3 is 18.4 Å². The van der Waals surface area contributed by atoms with Crippen LogP contribution in [-0.2, 0) is 11.3 Å². The summed E-state index contributed by atoms with van der Waals surface area (Å²) in [4.78, 5) is 41.3. The van der Waals surface area contributed by atoms with Crippen molar-refractivity contribution in [1.82, 2.24) is 9.80 Å². The highest BCUT2D eigenvalue weighted by molar-refractivity contribution is 5.94. The van der Waals surface area contributed by atoms with E-state index < -0.39 is 12.3 Å². The second kappa shape index (κ2) is 13.9. The van der Waals surface area contributed by atoms with Crippen LogP contribution in [-0.4, -0.2) is 58.3 Å². The van der Waals surface area contributed by atoms with Crippen LogP contribution in [0.25, 0.3) is 0 Å². The van der Waals surface area contributed by atoms with E-state index in [2.05, 4.69) is 30.8 Å². The highest BCUT2D eigenvalue weighted by Crippen LogP contribution is 2.39. The van der Waals surface area contributed by atoms with Crippen LogP contribution in [0.4, 0.5) is 23.7 Å². The summed E-state index contributed by atoms with van der Waals surface area (Å²) in [5.41, 5.74) is 1.79. The molecular weight excluding hydrogens is 575 g/mol. The molecule has 0 atom stereocenters. The number of carboxylic acids is 1. The van der Waals surface area contributed by atoms with Crippen molar-refractivity contribution in [3.63, 3.8) is 0 Å². The van der Waals surface area contributed by atoms with Crippen molar-refractivity contribution in [3.05, 3.63) is 59.7 Å². The van der Waals surface area contributed by atoms with Gasteiger partial charge in [-0.15, -0.1) is 13.2 Å². The number of carboxylic acid groups (broad SMARTS) is 1. The van der Waals surface area contributed by atoms with Gasteiger partial charge in [0.2, 0.25) is 0 Å². The number of rotatable bonds is 11. The normalized spacial score (nSPS) is 18.8. The first kappa shape index (κ1) is 33.1. The van der Waals surface area contributed by atoms with Crippen LogP contribution in [0.2, 0.25) is 0 Å². The summed E-state index contributed by atoms with van der Waals surface area (Å²) in [6.07, 6.45) is 0.753. The Labute approximate surface area is 256 Å². The van der Waals surface area contributed by atoms with E-state index in [1.807, 2.05) is 12.1 Å². The number of nitrogens with one attached hydrogen (secondary N) is 1. The largest absolute Gasteiger partial charge is 0.573 e. The summed E-state index contributed by atoms with van der Waals surface area (Å²) in [7, 11) is 0. The Hall–Kier alpha value is -3.76. The number of hydrogen-bond acceptors (Lipinski definition) is 4.